The number of hydrogen-bond donors (Lipinski definition) is 1. The molecule has 86 valence electrons. The molecule has 1 N–H and O–H groups in total. The van der Waals surface area contributed by atoms with Crippen LogP contribution in [0, 0.1) is 6.92 Å². The Morgan fingerprint density at radius 2 is 2.38 bits per heavy atom. The highest BCUT2D eigenvalue weighted by Crippen LogP contribution is 2.17. The van der Waals surface area contributed by atoms with E-state index >= 15 is 0 Å². The Balaban J connectivity index is 2.07. The molecule has 0 spiro atoms. The predicted octanol–water partition coefficient (Wildman–Crippen LogP) is 0.542. The lowest BCUT2D eigenvalue weighted by molar-refractivity contribution is -0.138. The molecule has 0 saturated carbocycles. The fourth-order valence-corrected chi connectivity index (χ4v) is 1.74. The lowest BCUT2D eigenvalue weighted by Crippen LogP contribution is -2.34. The van der Waals surface area contributed by atoms with Crippen molar-refractivity contribution in [2.45, 2.75) is 26.3 Å². The van der Waals surface area contributed by atoms with Gasteiger partial charge in [-0.25, -0.2) is 0 Å². The number of amides is 2. The average molecular weight is 223 g/mol. The summed E-state index contributed by atoms with van der Waals surface area (Å²) >= 11 is 0. The summed E-state index contributed by atoms with van der Waals surface area (Å²) in [5.74, 6) is 0.798. The van der Waals surface area contributed by atoms with Gasteiger partial charge < -0.3 is 9.84 Å². The van der Waals surface area contributed by atoms with Crippen LogP contribution in [0.5, 0.6) is 0 Å². The Bertz CT molecular complexity index is 427. The number of imide groups is 1. The number of anilines is 1. The fourth-order valence-electron chi connectivity index (χ4n) is 1.74. The maximum Gasteiger partial charge on any atom is 0.252 e. The highest BCUT2D eigenvalue weighted by atomic mass is 16.5. The second-order valence-corrected chi connectivity index (χ2v) is 3.70. The SMILES string of the molecule is CCN1C(=O)CC(Nc2cc(C)on2)C1=O. The number of carbonyl (C=O) groups is 2. The summed E-state index contributed by atoms with van der Waals surface area (Å²) in [6.07, 6.45) is 0.179. The lowest BCUT2D eigenvalue weighted by Gasteiger charge is -2.11. The van der Waals surface area contributed by atoms with Crippen LogP contribution in [0.25, 0.3) is 0 Å². The van der Waals surface area contributed by atoms with Gasteiger partial charge in [0.2, 0.25) is 5.91 Å². The molecule has 1 unspecified atom stereocenters. The molecule has 6 heteroatoms. The molecule has 1 aromatic rings. The summed E-state index contributed by atoms with van der Waals surface area (Å²) in [5, 5.41) is 6.61. The van der Waals surface area contributed by atoms with Gasteiger partial charge in [-0.15, -0.1) is 0 Å². The molecule has 6 nitrogen and oxygen atoms in total. The molecule has 1 atom stereocenters. The first-order valence-corrected chi connectivity index (χ1v) is 5.16. The number of aromatic nitrogens is 1. The van der Waals surface area contributed by atoms with E-state index in [4.69, 9.17) is 4.52 Å². The van der Waals surface area contributed by atoms with Gasteiger partial charge in [0, 0.05) is 12.6 Å². The van der Waals surface area contributed by atoms with Gasteiger partial charge >= 0.3 is 0 Å². The molecule has 2 amide bonds. The topological polar surface area (TPSA) is 75.4 Å². The highest BCUT2D eigenvalue weighted by Gasteiger charge is 2.37. The first-order valence-electron chi connectivity index (χ1n) is 5.16. The van der Waals surface area contributed by atoms with Crippen molar-refractivity contribution in [3.8, 4) is 0 Å². The average Bonchev–Trinajstić information content (AvgIpc) is 2.74. The van der Waals surface area contributed by atoms with Gasteiger partial charge in [-0.3, -0.25) is 14.5 Å². The van der Waals surface area contributed by atoms with E-state index < -0.39 is 6.04 Å². The zero-order chi connectivity index (χ0) is 11.7. The molecule has 1 aliphatic heterocycles. The third-order valence-electron chi connectivity index (χ3n) is 2.51. The lowest BCUT2D eigenvalue weighted by atomic mass is 10.2. The molecule has 1 aliphatic rings. The third-order valence-corrected chi connectivity index (χ3v) is 2.51. The van der Waals surface area contributed by atoms with E-state index in [2.05, 4.69) is 10.5 Å². The Morgan fingerprint density at radius 3 is 2.88 bits per heavy atom. The molecule has 16 heavy (non-hydrogen) atoms. The normalized spacial score (nSPS) is 20.6. The van der Waals surface area contributed by atoms with Crippen LogP contribution in [0.3, 0.4) is 0 Å². The zero-order valence-electron chi connectivity index (χ0n) is 9.19. The van der Waals surface area contributed by atoms with Crippen LogP contribution in [0.15, 0.2) is 10.6 Å². The number of aryl methyl sites for hydroxylation is 1. The van der Waals surface area contributed by atoms with Crippen molar-refractivity contribution < 1.29 is 14.1 Å². The molecule has 0 radical (unpaired) electrons. The smallest absolute Gasteiger partial charge is 0.252 e. The van der Waals surface area contributed by atoms with Crippen LogP contribution in [0.4, 0.5) is 5.82 Å². The van der Waals surface area contributed by atoms with Gasteiger partial charge in [-0.2, -0.15) is 0 Å². The van der Waals surface area contributed by atoms with Crippen LogP contribution in [-0.2, 0) is 9.59 Å². The number of carbonyl (C=O) groups excluding carboxylic acids is 2. The van der Waals surface area contributed by atoms with Crippen LogP contribution < -0.4 is 5.32 Å². The van der Waals surface area contributed by atoms with Crippen LogP contribution >= 0.6 is 0 Å². The summed E-state index contributed by atoms with van der Waals surface area (Å²) in [4.78, 5) is 24.4. The van der Waals surface area contributed by atoms with E-state index in [9.17, 15) is 9.59 Å². The van der Waals surface area contributed by atoms with Gasteiger partial charge in [0.1, 0.15) is 11.8 Å². The number of nitrogens with zero attached hydrogens (tertiary/aromatic N) is 2. The zero-order valence-corrected chi connectivity index (χ0v) is 9.19. The second-order valence-electron chi connectivity index (χ2n) is 3.70. The van der Waals surface area contributed by atoms with Gasteiger partial charge in [-0.1, -0.05) is 5.16 Å². The van der Waals surface area contributed by atoms with Crippen molar-refractivity contribution in [2.24, 2.45) is 0 Å². The van der Waals surface area contributed by atoms with Crippen molar-refractivity contribution in [2.75, 3.05) is 11.9 Å². The van der Waals surface area contributed by atoms with Gasteiger partial charge in [0.15, 0.2) is 5.82 Å². The first-order chi connectivity index (χ1) is 7.61. The Labute approximate surface area is 92.6 Å². The predicted molar refractivity (Wildman–Crippen MR) is 55.7 cm³/mol. The Kier molecular flexibility index (Phi) is 2.64. The number of hydrogen-bond acceptors (Lipinski definition) is 5. The van der Waals surface area contributed by atoms with E-state index in [1.165, 1.54) is 4.90 Å². The quantitative estimate of drug-likeness (QED) is 0.757. The van der Waals surface area contributed by atoms with Crippen LogP contribution in [-0.4, -0.2) is 34.5 Å². The molecular weight excluding hydrogens is 210 g/mol. The summed E-state index contributed by atoms with van der Waals surface area (Å²) in [6, 6.07) is 1.17. The molecule has 2 heterocycles. The Morgan fingerprint density at radius 1 is 1.62 bits per heavy atom. The highest BCUT2D eigenvalue weighted by molar-refractivity contribution is 6.06. The number of likely N-dealkylation sites (N-methyl/N-ethyl adjacent to an activating group) is 1. The number of likely N-dealkylation sites (tertiary alicyclic amines) is 1. The van der Waals surface area contributed by atoms with E-state index in [0.717, 1.165) is 0 Å². The summed E-state index contributed by atoms with van der Waals surface area (Å²) in [5.41, 5.74) is 0. The standard InChI is InChI=1S/C10H13N3O3/c1-3-13-9(14)5-7(10(13)15)11-8-4-6(2)16-12-8/h4,7H,3,5H2,1-2H3,(H,11,12). The van der Waals surface area contributed by atoms with E-state index in [1.807, 2.05) is 0 Å². The van der Waals surface area contributed by atoms with Crippen molar-refractivity contribution in [3.63, 3.8) is 0 Å². The minimum atomic E-state index is -0.517. The fraction of sp³-hybridized carbons (Fsp3) is 0.500. The summed E-state index contributed by atoms with van der Waals surface area (Å²) < 4.78 is 4.87. The minimum Gasteiger partial charge on any atom is -0.360 e. The maximum atomic E-state index is 11.7. The molecule has 1 saturated heterocycles. The van der Waals surface area contributed by atoms with Crippen molar-refractivity contribution in [1.82, 2.24) is 10.1 Å². The van der Waals surface area contributed by atoms with Gasteiger partial charge in [0.25, 0.3) is 5.91 Å². The molecule has 0 aliphatic carbocycles. The minimum absolute atomic E-state index is 0.148. The monoisotopic (exact) mass is 223 g/mol. The van der Waals surface area contributed by atoms with E-state index in [1.54, 1.807) is 19.9 Å². The Hall–Kier alpha value is -1.85. The van der Waals surface area contributed by atoms with Crippen molar-refractivity contribution in [1.29, 1.82) is 0 Å². The third kappa shape index (κ3) is 1.78. The largest absolute Gasteiger partial charge is 0.360 e. The second kappa shape index (κ2) is 3.96. The molecule has 0 bridgehead atoms. The molecule has 0 aromatic carbocycles. The van der Waals surface area contributed by atoms with Crippen LogP contribution in [0.2, 0.25) is 0 Å². The number of nitrogens with one attached hydrogen (secondary N) is 1. The van der Waals surface area contributed by atoms with Crippen LogP contribution in [0.1, 0.15) is 19.1 Å². The van der Waals surface area contributed by atoms with Gasteiger partial charge in [-0.05, 0) is 13.8 Å². The maximum absolute atomic E-state index is 11.7. The van der Waals surface area contributed by atoms with Crippen molar-refractivity contribution in [3.05, 3.63) is 11.8 Å². The van der Waals surface area contributed by atoms with E-state index in [-0.39, 0.29) is 18.2 Å². The summed E-state index contributed by atoms with van der Waals surface area (Å²) in [6.45, 7) is 3.95. The first kappa shape index (κ1) is 10.7. The van der Waals surface area contributed by atoms with Crippen molar-refractivity contribution >= 4 is 17.6 Å². The summed E-state index contributed by atoms with van der Waals surface area (Å²) in [7, 11) is 0. The molecule has 1 fully saturated rings. The van der Waals surface area contributed by atoms with E-state index in [0.29, 0.717) is 18.1 Å². The molecule has 1 aromatic heterocycles. The molecule has 2 rings (SSSR count). The number of rotatable bonds is 3. The molecular formula is C10H13N3O3. The van der Waals surface area contributed by atoms with Gasteiger partial charge in [0.05, 0.1) is 6.42 Å².